The molecule has 2 nitrogen and oxygen atoms in total. The van der Waals surface area contributed by atoms with Crippen molar-refractivity contribution in [1.29, 1.82) is 0 Å². The van der Waals surface area contributed by atoms with E-state index in [1.54, 1.807) is 11.8 Å². The van der Waals surface area contributed by atoms with Gasteiger partial charge in [-0.25, -0.2) is 0 Å². The molecule has 0 saturated heterocycles. The second-order valence-corrected chi connectivity index (χ2v) is 4.51. The minimum atomic E-state index is -0.0513. The van der Waals surface area contributed by atoms with Crippen LogP contribution in [0.2, 0.25) is 0 Å². The molecule has 1 aromatic rings. The summed E-state index contributed by atoms with van der Waals surface area (Å²) in [6.07, 6.45) is 0. The fourth-order valence-electron chi connectivity index (χ4n) is 1.15. The molecule has 0 atom stereocenters. The molecule has 0 spiro atoms. The van der Waals surface area contributed by atoms with Crippen LogP contribution >= 0.6 is 11.8 Å². The molecule has 0 saturated carbocycles. The third-order valence-corrected chi connectivity index (χ3v) is 2.68. The predicted octanol–water partition coefficient (Wildman–Crippen LogP) is 2.29. The van der Waals surface area contributed by atoms with Crippen LogP contribution in [0.15, 0.2) is 29.2 Å². The highest BCUT2D eigenvalue weighted by Crippen LogP contribution is 2.17. The van der Waals surface area contributed by atoms with Crippen molar-refractivity contribution in [1.82, 2.24) is 5.32 Å². The molecule has 0 aromatic heterocycles. The van der Waals surface area contributed by atoms with Gasteiger partial charge in [-0.2, -0.15) is 0 Å². The van der Waals surface area contributed by atoms with E-state index >= 15 is 0 Å². The molecule has 16 heavy (non-hydrogen) atoms. The average molecular weight is 233 g/mol. The van der Waals surface area contributed by atoms with Crippen LogP contribution in [0.4, 0.5) is 0 Å². The third kappa shape index (κ3) is 4.90. The molecular weight excluding hydrogens is 218 g/mol. The van der Waals surface area contributed by atoms with E-state index in [0.29, 0.717) is 6.54 Å². The second-order valence-electron chi connectivity index (χ2n) is 3.17. The lowest BCUT2D eigenvalue weighted by atomic mass is 10.2. The van der Waals surface area contributed by atoms with E-state index in [1.165, 1.54) is 11.8 Å². The van der Waals surface area contributed by atoms with Gasteiger partial charge in [0.2, 0.25) is 5.91 Å². The molecule has 0 aliphatic rings. The van der Waals surface area contributed by atoms with E-state index in [0.717, 1.165) is 11.3 Å². The largest absolute Gasteiger partial charge is 0.345 e. The number of hydrogen-bond donors (Lipinski definition) is 1. The Morgan fingerprint density at radius 2 is 2.31 bits per heavy atom. The zero-order valence-corrected chi connectivity index (χ0v) is 10.4. The molecule has 84 valence electrons. The van der Waals surface area contributed by atoms with E-state index in [-0.39, 0.29) is 5.91 Å². The molecule has 1 N–H and O–H groups in total. The Morgan fingerprint density at radius 3 is 3.00 bits per heavy atom. The Hall–Kier alpha value is -1.40. The lowest BCUT2D eigenvalue weighted by Gasteiger charge is -1.98. The molecule has 3 heteroatoms. The summed E-state index contributed by atoms with van der Waals surface area (Å²) < 4.78 is 0. The molecule has 0 unspecified atom stereocenters. The van der Waals surface area contributed by atoms with Gasteiger partial charge in [-0.1, -0.05) is 24.8 Å². The van der Waals surface area contributed by atoms with Crippen molar-refractivity contribution in [3.8, 4) is 11.8 Å². The summed E-state index contributed by atoms with van der Waals surface area (Å²) in [6.45, 7) is 4.01. The number of carbonyl (C=O) groups excluding carboxylic acids is 1. The lowest BCUT2D eigenvalue weighted by Crippen LogP contribution is -2.19. The molecule has 0 bridgehead atoms. The summed E-state index contributed by atoms with van der Waals surface area (Å²) in [7, 11) is 0. The Bertz CT molecular complexity index is 417. The maximum Gasteiger partial charge on any atom is 0.217 e. The van der Waals surface area contributed by atoms with Crippen LogP contribution in [0.1, 0.15) is 19.4 Å². The van der Waals surface area contributed by atoms with Crippen molar-refractivity contribution in [3.05, 3.63) is 29.8 Å². The summed E-state index contributed by atoms with van der Waals surface area (Å²) >= 11 is 1.80. The number of carbonyl (C=O) groups is 1. The molecular formula is C13H15NOS. The third-order valence-electron chi connectivity index (χ3n) is 1.80. The van der Waals surface area contributed by atoms with Gasteiger partial charge in [0.15, 0.2) is 0 Å². The van der Waals surface area contributed by atoms with E-state index < -0.39 is 0 Å². The van der Waals surface area contributed by atoms with Crippen LogP contribution in [0.3, 0.4) is 0 Å². The van der Waals surface area contributed by atoms with Gasteiger partial charge in [0.25, 0.3) is 0 Å². The van der Waals surface area contributed by atoms with Gasteiger partial charge in [-0.05, 0) is 24.0 Å². The van der Waals surface area contributed by atoms with Crippen molar-refractivity contribution < 1.29 is 4.79 Å². The van der Waals surface area contributed by atoms with Crippen molar-refractivity contribution in [2.75, 3.05) is 12.3 Å². The van der Waals surface area contributed by atoms with Crippen LogP contribution in [-0.4, -0.2) is 18.2 Å². The van der Waals surface area contributed by atoms with Gasteiger partial charge in [-0.3, -0.25) is 4.79 Å². The molecule has 1 amide bonds. The van der Waals surface area contributed by atoms with Gasteiger partial charge in [0.1, 0.15) is 0 Å². The van der Waals surface area contributed by atoms with Crippen LogP contribution in [0.25, 0.3) is 0 Å². The summed E-state index contributed by atoms with van der Waals surface area (Å²) in [6, 6.07) is 8.11. The van der Waals surface area contributed by atoms with Crippen molar-refractivity contribution in [2.45, 2.75) is 18.7 Å². The summed E-state index contributed by atoms with van der Waals surface area (Å²) in [5.41, 5.74) is 0.990. The predicted molar refractivity (Wildman–Crippen MR) is 68.4 cm³/mol. The molecule has 0 radical (unpaired) electrons. The van der Waals surface area contributed by atoms with Gasteiger partial charge >= 0.3 is 0 Å². The first-order valence-electron chi connectivity index (χ1n) is 5.18. The number of hydrogen-bond acceptors (Lipinski definition) is 2. The normalized spacial score (nSPS) is 9.12. The molecule has 1 rings (SSSR count). The standard InChI is InChI=1S/C13H15NOS/c1-3-16-13-8-4-6-12(10-13)7-5-9-14-11(2)15/h4,6,8,10H,3,9H2,1-2H3,(H,14,15). The molecule has 0 aliphatic heterocycles. The van der Waals surface area contributed by atoms with Gasteiger partial charge in [-0.15, -0.1) is 11.8 Å². The highest BCUT2D eigenvalue weighted by atomic mass is 32.2. The maximum atomic E-state index is 10.6. The van der Waals surface area contributed by atoms with Gasteiger partial charge < -0.3 is 5.32 Å². The zero-order valence-electron chi connectivity index (χ0n) is 9.54. The highest BCUT2D eigenvalue weighted by molar-refractivity contribution is 7.99. The summed E-state index contributed by atoms with van der Waals surface area (Å²) in [5.74, 6) is 6.94. The Morgan fingerprint density at radius 1 is 1.50 bits per heavy atom. The number of benzene rings is 1. The van der Waals surface area contributed by atoms with Gasteiger partial charge in [0, 0.05) is 17.4 Å². The zero-order chi connectivity index (χ0) is 11.8. The fourth-order valence-corrected chi connectivity index (χ4v) is 1.86. The van der Waals surface area contributed by atoms with Crippen LogP contribution in [0.5, 0.6) is 0 Å². The van der Waals surface area contributed by atoms with E-state index in [4.69, 9.17) is 0 Å². The lowest BCUT2D eigenvalue weighted by molar-refractivity contribution is -0.118. The van der Waals surface area contributed by atoms with Crippen molar-refractivity contribution in [2.24, 2.45) is 0 Å². The topological polar surface area (TPSA) is 29.1 Å². The molecule has 0 fully saturated rings. The minimum absolute atomic E-state index is 0.0513. The average Bonchev–Trinajstić information content (AvgIpc) is 2.25. The fraction of sp³-hybridized carbons (Fsp3) is 0.308. The number of nitrogens with one attached hydrogen (secondary N) is 1. The first kappa shape index (κ1) is 12.7. The summed E-state index contributed by atoms with van der Waals surface area (Å²) in [5, 5.41) is 2.64. The molecule has 1 aromatic carbocycles. The smallest absolute Gasteiger partial charge is 0.217 e. The van der Waals surface area contributed by atoms with Crippen molar-refractivity contribution >= 4 is 17.7 Å². The first-order valence-corrected chi connectivity index (χ1v) is 6.17. The summed E-state index contributed by atoms with van der Waals surface area (Å²) in [4.78, 5) is 11.8. The van der Waals surface area contributed by atoms with Crippen LogP contribution in [-0.2, 0) is 4.79 Å². The Kier molecular flexibility index (Phi) is 5.52. The Balaban J connectivity index is 2.58. The minimum Gasteiger partial charge on any atom is -0.345 e. The monoisotopic (exact) mass is 233 g/mol. The van der Waals surface area contributed by atoms with E-state index in [9.17, 15) is 4.79 Å². The molecule has 0 aliphatic carbocycles. The van der Waals surface area contributed by atoms with Crippen LogP contribution in [0, 0.1) is 11.8 Å². The number of amides is 1. The van der Waals surface area contributed by atoms with Crippen molar-refractivity contribution in [3.63, 3.8) is 0 Å². The molecule has 0 heterocycles. The SMILES string of the molecule is CCSc1cccc(C#CCNC(C)=O)c1. The quantitative estimate of drug-likeness (QED) is 0.641. The highest BCUT2D eigenvalue weighted by Gasteiger charge is 1.92. The van der Waals surface area contributed by atoms with E-state index in [2.05, 4.69) is 36.2 Å². The van der Waals surface area contributed by atoms with Crippen LogP contribution < -0.4 is 5.32 Å². The Labute approximate surface area is 101 Å². The van der Waals surface area contributed by atoms with E-state index in [1.807, 2.05) is 12.1 Å². The maximum absolute atomic E-state index is 10.6. The second kappa shape index (κ2) is 6.97. The number of rotatable bonds is 3. The number of thioether (sulfide) groups is 1. The van der Waals surface area contributed by atoms with Gasteiger partial charge in [0.05, 0.1) is 6.54 Å². The first-order chi connectivity index (χ1) is 7.72.